The van der Waals surface area contributed by atoms with E-state index in [1.807, 2.05) is 66.5 Å². The Hall–Kier alpha value is -2.92. The Kier molecular flexibility index (Phi) is 5.26. The van der Waals surface area contributed by atoms with Crippen LogP contribution in [-0.2, 0) is 11.3 Å². The van der Waals surface area contributed by atoms with Crippen LogP contribution < -0.4 is 10.2 Å². The standard InChI is InChI=1S/C20H22N4O/c1-15-9-7-8-12-18(15)22-20-21-16(14-25-3)13-19(23-20)24(2)17-10-5-4-6-11-17/h4-13H,14H2,1-3H3,(H,21,22,23). The fourth-order valence-corrected chi connectivity index (χ4v) is 2.55. The molecule has 5 nitrogen and oxygen atoms in total. The summed E-state index contributed by atoms with van der Waals surface area (Å²) in [5.74, 6) is 1.37. The van der Waals surface area contributed by atoms with E-state index in [0.717, 1.165) is 28.5 Å². The molecule has 0 unspecified atom stereocenters. The molecule has 0 saturated heterocycles. The van der Waals surface area contributed by atoms with E-state index in [1.54, 1.807) is 7.11 Å². The zero-order chi connectivity index (χ0) is 17.6. The third-order valence-corrected chi connectivity index (χ3v) is 3.94. The lowest BCUT2D eigenvalue weighted by Gasteiger charge is -2.20. The van der Waals surface area contributed by atoms with Crippen LogP contribution in [0.5, 0.6) is 0 Å². The Morgan fingerprint density at radius 1 is 1.00 bits per heavy atom. The lowest BCUT2D eigenvalue weighted by molar-refractivity contribution is 0.181. The maximum atomic E-state index is 5.26. The summed E-state index contributed by atoms with van der Waals surface area (Å²) in [6.07, 6.45) is 0. The van der Waals surface area contributed by atoms with Gasteiger partial charge in [0.05, 0.1) is 12.3 Å². The molecule has 1 aromatic heterocycles. The first-order chi connectivity index (χ1) is 12.2. The van der Waals surface area contributed by atoms with Crippen LogP contribution in [-0.4, -0.2) is 24.1 Å². The highest BCUT2D eigenvalue weighted by molar-refractivity contribution is 5.63. The van der Waals surface area contributed by atoms with Crippen LogP contribution in [0.3, 0.4) is 0 Å². The number of anilines is 4. The highest BCUT2D eigenvalue weighted by Crippen LogP contribution is 2.25. The third kappa shape index (κ3) is 4.14. The molecule has 0 bridgehead atoms. The van der Waals surface area contributed by atoms with Gasteiger partial charge in [-0.05, 0) is 30.7 Å². The van der Waals surface area contributed by atoms with Crippen LogP contribution in [0.2, 0.25) is 0 Å². The molecule has 0 aliphatic rings. The molecule has 25 heavy (non-hydrogen) atoms. The number of benzene rings is 2. The van der Waals surface area contributed by atoms with Crippen molar-refractivity contribution in [2.45, 2.75) is 13.5 Å². The molecule has 0 fully saturated rings. The Balaban J connectivity index is 1.96. The van der Waals surface area contributed by atoms with Gasteiger partial charge in [-0.2, -0.15) is 4.98 Å². The van der Waals surface area contributed by atoms with Gasteiger partial charge in [-0.15, -0.1) is 0 Å². The van der Waals surface area contributed by atoms with Gasteiger partial charge in [0.15, 0.2) is 0 Å². The number of aromatic nitrogens is 2. The van der Waals surface area contributed by atoms with Gasteiger partial charge < -0.3 is 15.0 Å². The van der Waals surface area contributed by atoms with Crippen molar-refractivity contribution in [3.63, 3.8) is 0 Å². The van der Waals surface area contributed by atoms with Crippen LogP contribution in [0, 0.1) is 6.92 Å². The minimum absolute atomic E-state index is 0.431. The molecule has 1 N–H and O–H groups in total. The number of hydrogen-bond acceptors (Lipinski definition) is 5. The number of nitrogens with zero attached hydrogens (tertiary/aromatic N) is 3. The normalized spacial score (nSPS) is 10.5. The molecular weight excluding hydrogens is 312 g/mol. The molecule has 0 aliphatic carbocycles. The molecule has 0 aliphatic heterocycles. The number of para-hydroxylation sites is 2. The van der Waals surface area contributed by atoms with E-state index < -0.39 is 0 Å². The Labute approximate surface area is 148 Å². The first-order valence-electron chi connectivity index (χ1n) is 8.15. The van der Waals surface area contributed by atoms with E-state index in [9.17, 15) is 0 Å². The van der Waals surface area contributed by atoms with Crippen LogP contribution >= 0.6 is 0 Å². The predicted octanol–water partition coefficient (Wildman–Crippen LogP) is 4.44. The van der Waals surface area contributed by atoms with Gasteiger partial charge in [0, 0.05) is 31.6 Å². The lowest BCUT2D eigenvalue weighted by atomic mass is 10.2. The van der Waals surface area contributed by atoms with E-state index in [-0.39, 0.29) is 0 Å². The highest BCUT2D eigenvalue weighted by Gasteiger charge is 2.11. The van der Waals surface area contributed by atoms with Crippen molar-refractivity contribution in [3.05, 3.63) is 71.9 Å². The summed E-state index contributed by atoms with van der Waals surface area (Å²) in [7, 11) is 3.66. The van der Waals surface area contributed by atoms with Gasteiger partial charge >= 0.3 is 0 Å². The van der Waals surface area contributed by atoms with Crippen LogP contribution in [0.1, 0.15) is 11.3 Å². The van der Waals surface area contributed by atoms with Crippen molar-refractivity contribution in [3.8, 4) is 0 Å². The SMILES string of the molecule is COCc1cc(N(C)c2ccccc2)nc(Nc2ccccc2C)n1. The number of rotatable bonds is 6. The summed E-state index contributed by atoms with van der Waals surface area (Å²) in [5.41, 5.74) is 4.02. The minimum atomic E-state index is 0.431. The monoisotopic (exact) mass is 334 g/mol. The number of aryl methyl sites for hydroxylation is 1. The van der Waals surface area contributed by atoms with Crippen LogP contribution in [0.4, 0.5) is 23.1 Å². The smallest absolute Gasteiger partial charge is 0.229 e. The van der Waals surface area contributed by atoms with Crippen molar-refractivity contribution in [1.82, 2.24) is 9.97 Å². The van der Waals surface area contributed by atoms with E-state index in [2.05, 4.69) is 28.3 Å². The first kappa shape index (κ1) is 16.9. The van der Waals surface area contributed by atoms with Gasteiger partial charge in [0.25, 0.3) is 0 Å². The zero-order valence-electron chi connectivity index (χ0n) is 14.7. The Bertz CT molecular complexity index is 836. The molecule has 3 aromatic rings. The number of ether oxygens (including phenoxy) is 1. The highest BCUT2D eigenvalue weighted by atomic mass is 16.5. The number of hydrogen-bond donors (Lipinski definition) is 1. The molecule has 2 aromatic carbocycles. The lowest BCUT2D eigenvalue weighted by Crippen LogP contribution is -2.14. The molecule has 0 atom stereocenters. The maximum absolute atomic E-state index is 5.26. The third-order valence-electron chi connectivity index (χ3n) is 3.94. The minimum Gasteiger partial charge on any atom is -0.378 e. The zero-order valence-corrected chi connectivity index (χ0v) is 14.7. The second-order valence-electron chi connectivity index (χ2n) is 5.81. The molecule has 0 saturated carbocycles. The average molecular weight is 334 g/mol. The fourth-order valence-electron chi connectivity index (χ4n) is 2.55. The average Bonchev–Trinajstić information content (AvgIpc) is 2.64. The summed E-state index contributed by atoms with van der Waals surface area (Å²) in [4.78, 5) is 11.3. The summed E-state index contributed by atoms with van der Waals surface area (Å²) in [5, 5.41) is 3.31. The molecule has 5 heteroatoms. The number of nitrogens with one attached hydrogen (secondary N) is 1. The molecular formula is C20H22N4O. The second kappa shape index (κ2) is 7.77. The van der Waals surface area contributed by atoms with Crippen molar-refractivity contribution >= 4 is 23.1 Å². The molecule has 0 amide bonds. The summed E-state index contributed by atoms with van der Waals surface area (Å²) in [6.45, 7) is 2.49. The molecule has 3 rings (SSSR count). The van der Waals surface area contributed by atoms with Crippen molar-refractivity contribution < 1.29 is 4.74 Å². The van der Waals surface area contributed by atoms with Crippen molar-refractivity contribution in [1.29, 1.82) is 0 Å². The van der Waals surface area contributed by atoms with E-state index in [0.29, 0.717) is 12.6 Å². The van der Waals surface area contributed by atoms with E-state index in [1.165, 1.54) is 0 Å². The van der Waals surface area contributed by atoms with Crippen molar-refractivity contribution in [2.24, 2.45) is 0 Å². The van der Waals surface area contributed by atoms with Crippen molar-refractivity contribution in [2.75, 3.05) is 24.4 Å². The Morgan fingerprint density at radius 3 is 2.44 bits per heavy atom. The molecule has 0 radical (unpaired) electrons. The quantitative estimate of drug-likeness (QED) is 0.722. The number of methoxy groups -OCH3 is 1. The topological polar surface area (TPSA) is 50.3 Å². The molecule has 1 heterocycles. The van der Waals surface area contributed by atoms with Gasteiger partial charge in [0.2, 0.25) is 5.95 Å². The summed E-state index contributed by atoms with van der Waals surface area (Å²) >= 11 is 0. The maximum Gasteiger partial charge on any atom is 0.229 e. The van der Waals surface area contributed by atoms with E-state index >= 15 is 0 Å². The first-order valence-corrected chi connectivity index (χ1v) is 8.15. The summed E-state index contributed by atoms with van der Waals surface area (Å²) < 4.78 is 5.26. The predicted molar refractivity (Wildman–Crippen MR) is 102 cm³/mol. The molecule has 0 spiro atoms. The second-order valence-corrected chi connectivity index (χ2v) is 5.81. The summed E-state index contributed by atoms with van der Waals surface area (Å²) in [6, 6.07) is 20.1. The largest absolute Gasteiger partial charge is 0.378 e. The van der Waals surface area contributed by atoms with Gasteiger partial charge in [-0.1, -0.05) is 36.4 Å². The van der Waals surface area contributed by atoms with Gasteiger partial charge in [0.1, 0.15) is 5.82 Å². The van der Waals surface area contributed by atoms with Crippen LogP contribution in [0.15, 0.2) is 60.7 Å². The van der Waals surface area contributed by atoms with Crippen LogP contribution in [0.25, 0.3) is 0 Å². The fraction of sp³-hybridized carbons (Fsp3) is 0.200. The van der Waals surface area contributed by atoms with Gasteiger partial charge in [-0.25, -0.2) is 4.98 Å². The van der Waals surface area contributed by atoms with E-state index in [4.69, 9.17) is 4.74 Å². The van der Waals surface area contributed by atoms with Gasteiger partial charge in [-0.3, -0.25) is 0 Å². The Morgan fingerprint density at radius 2 is 1.72 bits per heavy atom. The molecule has 128 valence electrons.